The number of rotatable bonds is 3. The van der Waals surface area contributed by atoms with Gasteiger partial charge in [-0.15, -0.1) is 0 Å². The predicted octanol–water partition coefficient (Wildman–Crippen LogP) is 13.1. The summed E-state index contributed by atoms with van der Waals surface area (Å²) >= 11 is 0. The number of para-hydroxylation sites is 3. The molecule has 0 saturated heterocycles. The van der Waals surface area contributed by atoms with Crippen molar-refractivity contribution >= 4 is 76.3 Å². The van der Waals surface area contributed by atoms with Crippen LogP contribution in [0.4, 0.5) is 0 Å². The molecule has 0 fully saturated rings. The zero-order valence-electron chi connectivity index (χ0n) is 26.4. The van der Waals surface area contributed by atoms with Gasteiger partial charge >= 0.3 is 0 Å². The van der Waals surface area contributed by atoms with Crippen molar-refractivity contribution in [3.63, 3.8) is 0 Å². The van der Waals surface area contributed by atoms with E-state index in [1.165, 1.54) is 60.0 Å². The molecule has 0 radical (unpaired) electrons. The molecule has 11 rings (SSSR count). The van der Waals surface area contributed by atoms with Crippen LogP contribution >= 0.6 is 0 Å². The largest absolute Gasteiger partial charge is 0.464 e. The Morgan fingerprint density at radius 1 is 0.388 bits per heavy atom. The molecule has 0 N–H and O–H groups in total. The quantitative estimate of drug-likeness (QED) is 0.183. The monoisotopic (exact) mass is 625 g/mol. The van der Waals surface area contributed by atoms with Crippen molar-refractivity contribution in [1.82, 2.24) is 4.57 Å². The molecule has 11 aromatic rings. The number of benzene rings is 8. The second-order valence-corrected chi connectivity index (χ2v) is 12.8. The number of hydrogen-bond donors (Lipinski definition) is 0. The minimum absolute atomic E-state index is 0.828. The van der Waals surface area contributed by atoms with Crippen molar-refractivity contribution < 1.29 is 8.83 Å². The van der Waals surface area contributed by atoms with Crippen LogP contribution in [0.2, 0.25) is 0 Å². The average Bonchev–Trinajstić information content (AvgIpc) is 3.88. The van der Waals surface area contributed by atoms with Crippen LogP contribution in [0.25, 0.3) is 104 Å². The fourth-order valence-electron chi connectivity index (χ4n) is 8.32. The van der Waals surface area contributed by atoms with Crippen molar-refractivity contribution in [3.8, 4) is 27.9 Å². The lowest BCUT2D eigenvalue weighted by Gasteiger charge is -2.19. The second kappa shape index (κ2) is 9.96. The summed E-state index contributed by atoms with van der Waals surface area (Å²) < 4.78 is 15.1. The van der Waals surface area contributed by atoms with Crippen molar-refractivity contribution in [2.24, 2.45) is 0 Å². The minimum Gasteiger partial charge on any atom is -0.464 e. The molecule has 228 valence electrons. The van der Waals surface area contributed by atoms with E-state index in [2.05, 4.69) is 150 Å². The summed E-state index contributed by atoms with van der Waals surface area (Å²) in [4.78, 5) is 0. The maximum atomic E-state index is 6.47. The lowest BCUT2D eigenvalue weighted by Crippen LogP contribution is -1.94. The van der Waals surface area contributed by atoms with Crippen LogP contribution < -0.4 is 0 Å². The van der Waals surface area contributed by atoms with Crippen LogP contribution in [-0.2, 0) is 0 Å². The highest BCUT2D eigenvalue weighted by Crippen LogP contribution is 2.49. The van der Waals surface area contributed by atoms with E-state index in [0.29, 0.717) is 0 Å². The molecule has 0 unspecified atom stereocenters. The number of fused-ring (bicyclic) bond motifs is 10. The van der Waals surface area contributed by atoms with Gasteiger partial charge < -0.3 is 13.4 Å². The molecular weight excluding hydrogens is 599 g/mol. The first-order valence-electron chi connectivity index (χ1n) is 16.7. The van der Waals surface area contributed by atoms with Crippen molar-refractivity contribution in [3.05, 3.63) is 164 Å². The standard InChI is InChI=1S/C46H27NO2/c1-2-13-28(14-3-1)47-38-22-10-8-19-34(38)44-36(21-12-23-39(44)47)42-29-15-4-6-17-31(29)43(32-18-7-5-16-30(32)42)37-27-41-45(46-33(37)25-26-48-46)35-20-9-11-24-40(35)49-41/h1-27H. The van der Waals surface area contributed by atoms with E-state index in [4.69, 9.17) is 8.83 Å². The molecule has 3 aromatic heterocycles. The Morgan fingerprint density at radius 2 is 0.980 bits per heavy atom. The van der Waals surface area contributed by atoms with Gasteiger partial charge in [-0.2, -0.15) is 0 Å². The predicted molar refractivity (Wildman–Crippen MR) is 204 cm³/mol. The van der Waals surface area contributed by atoms with Crippen LogP contribution in [0.15, 0.2) is 173 Å². The topological polar surface area (TPSA) is 31.2 Å². The third-order valence-corrected chi connectivity index (χ3v) is 10.3. The molecule has 0 amide bonds. The van der Waals surface area contributed by atoms with Crippen molar-refractivity contribution in [2.75, 3.05) is 0 Å². The van der Waals surface area contributed by atoms with Crippen LogP contribution in [0, 0.1) is 0 Å². The summed E-state index contributed by atoms with van der Waals surface area (Å²) in [5.41, 5.74) is 10.8. The molecule has 0 aliphatic rings. The Labute approximate surface area is 280 Å². The summed E-state index contributed by atoms with van der Waals surface area (Å²) in [5, 5.41) is 10.5. The molecule has 0 saturated carbocycles. The molecule has 0 aliphatic heterocycles. The highest BCUT2D eigenvalue weighted by Gasteiger charge is 2.24. The Bertz CT molecular complexity index is 3050. The molecule has 0 aliphatic carbocycles. The molecule has 8 aromatic carbocycles. The lowest BCUT2D eigenvalue weighted by molar-refractivity contribution is 0.618. The van der Waals surface area contributed by atoms with E-state index in [9.17, 15) is 0 Å². The summed E-state index contributed by atoms with van der Waals surface area (Å²) in [6, 6.07) is 56.4. The molecule has 0 bridgehead atoms. The molecule has 49 heavy (non-hydrogen) atoms. The number of aromatic nitrogens is 1. The van der Waals surface area contributed by atoms with Crippen LogP contribution in [0.5, 0.6) is 0 Å². The number of furan rings is 2. The molecule has 0 spiro atoms. The van der Waals surface area contributed by atoms with E-state index < -0.39 is 0 Å². The minimum atomic E-state index is 0.828. The average molecular weight is 626 g/mol. The van der Waals surface area contributed by atoms with Crippen LogP contribution in [-0.4, -0.2) is 4.57 Å². The van der Waals surface area contributed by atoms with E-state index >= 15 is 0 Å². The fraction of sp³-hybridized carbons (Fsp3) is 0. The summed E-state index contributed by atoms with van der Waals surface area (Å²) in [6.07, 6.45) is 1.80. The van der Waals surface area contributed by atoms with Gasteiger partial charge in [0.2, 0.25) is 0 Å². The first-order chi connectivity index (χ1) is 24.3. The second-order valence-electron chi connectivity index (χ2n) is 12.8. The van der Waals surface area contributed by atoms with Crippen molar-refractivity contribution in [2.45, 2.75) is 0 Å². The van der Waals surface area contributed by atoms with E-state index in [0.717, 1.165) is 44.2 Å². The Balaban J connectivity index is 1.29. The molecular formula is C46H27NO2. The van der Waals surface area contributed by atoms with Gasteiger partial charge in [0.05, 0.1) is 22.7 Å². The lowest BCUT2D eigenvalue weighted by atomic mass is 9.84. The number of nitrogens with zero attached hydrogens (tertiary/aromatic N) is 1. The van der Waals surface area contributed by atoms with E-state index in [-0.39, 0.29) is 0 Å². The van der Waals surface area contributed by atoms with Gasteiger partial charge in [0.15, 0.2) is 0 Å². The van der Waals surface area contributed by atoms with Gasteiger partial charge in [0, 0.05) is 27.2 Å². The van der Waals surface area contributed by atoms with Gasteiger partial charge in [-0.1, -0.05) is 115 Å². The Kier molecular flexibility index (Phi) is 5.38. The van der Waals surface area contributed by atoms with Gasteiger partial charge in [-0.25, -0.2) is 0 Å². The van der Waals surface area contributed by atoms with E-state index in [1.54, 1.807) is 6.26 Å². The molecule has 3 heterocycles. The van der Waals surface area contributed by atoms with Gasteiger partial charge in [-0.05, 0) is 86.3 Å². The molecule has 3 heteroatoms. The third kappa shape index (κ3) is 3.62. The molecule has 3 nitrogen and oxygen atoms in total. The van der Waals surface area contributed by atoms with Gasteiger partial charge in [0.25, 0.3) is 0 Å². The smallest absolute Gasteiger partial charge is 0.146 e. The Morgan fingerprint density at radius 3 is 1.71 bits per heavy atom. The maximum Gasteiger partial charge on any atom is 0.146 e. The summed E-state index contributed by atoms with van der Waals surface area (Å²) in [6.45, 7) is 0. The van der Waals surface area contributed by atoms with Crippen molar-refractivity contribution in [1.29, 1.82) is 0 Å². The zero-order valence-corrected chi connectivity index (χ0v) is 26.4. The van der Waals surface area contributed by atoms with Gasteiger partial charge in [-0.3, -0.25) is 0 Å². The third-order valence-electron chi connectivity index (χ3n) is 10.3. The highest BCUT2D eigenvalue weighted by molar-refractivity contribution is 6.29. The first kappa shape index (κ1) is 26.5. The SMILES string of the molecule is c1ccc(-n2c3ccccc3c3c(-c4c5ccccc5c(-c5cc6oc7ccccc7c6c6occc56)c5ccccc45)cccc32)cc1. The highest BCUT2D eigenvalue weighted by atomic mass is 16.3. The first-order valence-corrected chi connectivity index (χ1v) is 16.7. The summed E-state index contributed by atoms with van der Waals surface area (Å²) in [7, 11) is 0. The zero-order chi connectivity index (χ0) is 32.1. The van der Waals surface area contributed by atoms with Crippen LogP contribution in [0.3, 0.4) is 0 Å². The fourth-order valence-corrected chi connectivity index (χ4v) is 8.32. The molecule has 0 atom stereocenters. The van der Waals surface area contributed by atoms with Gasteiger partial charge in [0.1, 0.15) is 16.7 Å². The van der Waals surface area contributed by atoms with E-state index in [1.807, 2.05) is 12.1 Å². The maximum absolute atomic E-state index is 6.47. The Hall–Kier alpha value is -6.58. The number of hydrogen-bond acceptors (Lipinski definition) is 2. The van der Waals surface area contributed by atoms with Crippen LogP contribution in [0.1, 0.15) is 0 Å². The normalized spacial score (nSPS) is 12.1. The summed E-state index contributed by atoms with van der Waals surface area (Å²) in [5.74, 6) is 0.